The number of aryl methyl sites for hydroxylation is 1. The molecule has 0 aromatic heterocycles. The average molecular weight is 640 g/mol. The highest BCUT2D eigenvalue weighted by Crippen LogP contribution is 2.33. The van der Waals surface area contributed by atoms with E-state index >= 15 is 0 Å². The first-order valence-corrected chi connectivity index (χ1v) is 15.0. The monoisotopic (exact) mass is 639 g/mol. The van der Waals surface area contributed by atoms with Crippen molar-refractivity contribution >= 4 is 35.1 Å². The molecule has 2 aromatic rings. The van der Waals surface area contributed by atoms with Gasteiger partial charge in [-0.1, -0.05) is 60.2 Å². The topological polar surface area (TPSA) is 155 Å². The summed E-state index contributed by atoms with van der Waals surface area (Å²) >= 11 is 0. The van der Waals surface area contributed by atoms with E-state index in [9.17, 15) is 24.0 Å². The van der Waals surface area contributed by atoms with Crippen molar-refractivity contribution in [2.75, 3.05) is 40.1 Å². The molecule has 1 heterocycles. The van der Waals surface area contributed by atoms with Crippen LogP contribution in [0.3, 0.4) is 0 Å². The van der Waals surface area contributed by atoms with Crippen LogP contribution in [-0.4, -0.2) is 97.9 Å². The lowest BCUT2D eigenvalue weighted by atomic mass is 9.94. The quantitative estimate of drug-likeness (QED) is 0.145. The van der Waals surface area contributed by atoms with E-state index in [2.05, 4.69) is 0 Å². The maximum absolute atomic E-state index is 13.8. The molecule has 1 aliphatic heterocycles. The molecule has 4 atom stereocenters. The summed E-state index contributed by atoms with van der Waals surface area (Å²) in [7, 11) is 1.15. The molecule has 248 valence electrons. The van der Waals surface area contributed by atoms with E-state index in [4.69, 9.17) is 28.8 Å². The molecule has 1 saturated heterocycles. The Morgan fingerprint density at radius 1 is 0.978 bits per heavy atom. The number of ketones is 2. The highest BCUT2D eigenvalue weighted by molar-refractivity contribution is 6.25. The first kappa shape index (κ1) is 36.2. The van der Waals surface area contributed by atoms with E-state index in [1.165, 1.54) is 0 Å². The molecule has 12 nitrogen and oxygen atoms in total. The van der Waals surface area contributed by atoms with E-state index in [0.29, 0.717) is 30.8 Å². The van der Waals surface area contributed by atoms with Gasteiger partial charge in [0.1, 0.15) is 6.10 Å². The minimum absolute atomic E-state index is 0.0351. The first-order valence-electron chi connectivity index (χ1n) is 15.0. The van der Waals surface area contributed by atoms with Gasteiger partial charge in [0.2, 0.25) is 0 Å². The fraction of sp³-hybridized carbons (Fsp3) is 0.441. The smallest absolute Gasteiger partial charge is 0.417 e. The number of esters is 1. The number of methoxy groups -OCH3 is 1. The molecule has 12 heteroatoms. The van der Waals surface area contributed by atoms with Crippen LogP contribution in [0.1, 0.15) is 49.5 Å². The number of benzene rings is 2. The van der Waals surface area contributed by atoms with Crippen LogP contribution in [0, 0.1) is 6.92 Å². The zero-order chi connectivity index (χ0) is 33.6. The minimum Gasteiger partial charge on any atom is -0.451 e. The number of Topliss-reactive ketones (excluding diaryl/α,β-unsaturated/α-hetero) is 1. The number of allylic oxidation sites excluding steroid dienone is 1. The van der Waals surface area contributed by atoms with Crippen molar-refractivity contribution in [2.24, 2.45) is 0 Å². The molecule has 0 aliphatic carbocycles. The number of hydrogen-bond donors (Lipinski definition) is 1. The summed E-state index contributed by atoms with van der Waals surface area (Å²) in [6.45, 7) is 5.50. The number of amides is 2. The fourth-order valence-electron chi connectivity index (χ4n) is 5.00. The number of nitrogens with zero attached hydrogens (tertiary/aromatic N) is 1. The van der Waals surface area contributed by atoms with Gasteiger partial charge in [-0.3, -0.25) is 19.2 Å². The Bertz CT molecular complexity index is 1390. The number of aliphatic hydroxyl groups excluding tert-OH is 1. The summed E-state index contributed by atoms with van der Waals surface area (Å²) in [5.41, 5.74) is 2.02. The number of imide groups is 1. The SMILES string of the molecule is CO[C@@H](C(=O)N1C(=O)O[C@@H](c2ccccc2)[C@H]1C)[C@@H](OC(C)=O)C(=O)C=C(C(=O)CCCOCCOCCO)c1cccc(C)c1. The molecule has 1 fully saturated rings. The van der Waals surface area contributed by atoms with Crippen molar-refractivity contribution in [3.8, 4) is 0 Å². The zero-order valence-corrected chi connectivity index (χ0v) is 26.5. The fourth-order valence-corrected chi connectivity index (χ4v) is 5.00. The van der Waals surface area contributed by atoms with Gasteiger partial charge in [0.15, 0.2) is 23.8 Å². The lowest BCUT2D eigenvalue weighted by Crippen LogP contribution is -2.52. The van der Waals surface area contributed by atoms with Crippen molar-refractivity contribution in [1.82, 2.24) is 4.90 Å². The third-order valence-electron chi connectivity index (χ3n) is 7.20. The van der Waals surface area contributed by atoms with E-state index in [1.807, 2.05) is 13.0 Å². The van der Waals surface area contributed by atoms with Crippen LogP contribution in [0.5, 0.6) is 0 Å². The number of hydrogen-bond acceptors (Lipinski definition) is 11. The van der Waals surface area contributed by atoms with Crippen LogP contribution in [0.2, 0.25) is 0 Å². The van der Waals surface area contributed by atoms with Gasteiger partial charge >= 0.3 is 12.1 Å². The van der Waals surface area contributed by atoms with E-state index in [1.54, 1.807) is 55.5 Å². The summed E-state index contributed by atoms with van der Waals surface area (Å²) in [6.07, 6.45) is -3.79. The van der Waals surface area contributed by atoms with Gasteiger partial charge < -0.3 is 28.8 Å². The highest BCUT2D eigenvalue weighted by atomic mass is 16.6. The molecular weight excluding hydrogens is 598 g/mol. The van der Waals surface area contributed by atoms with Crippen LogP contribution in [-0.2, 0) is 42.9 Å². The molecule has 0 bridgehead atoms. The normalized spacial score (nSPS) is 17.7. The second kappa shape index (κ2) is 18.1. The second-order valence-electron chi connectivity index (χ2n) is 10.7. The van der Waals surface area contributed by atoms with Gasteiger partial charge in [0, 0.05) is 32.6 Å². The van der Waals surface area contributed by atoms with Crippen molar-refractivity contribution in [2.45, 2.75) is 58.0 Å². The molecule has 0 saturated carbocycles. The molecule has 3 rings (SSSR count). The van der Waals surface area contributed by atoms with Gasteiger partial charge in [-0.15, -0.1) is 0 Å². The highest BCUT2D eigenvalue weighted by Gasteiger charge is 2.48. The van der Waals surface area contributed by atoms with Crippen LogP contribution in [0.4, 0.5) is 4.79 Å². The predicted octanol–water partition coefficient (Wildman–Crippen LogP) is 3.38. The van der Waals surface area contributed by atoms with Gasteiger partial charge in [-0.2, -0.15) is 0 Å². The Morgan fingerprint density at radius 3 is 2.30 bits per heavy atom. The maximum atomic E-state index is 13.8. The summed E-state index contributed by atoms with van der Waals surface area (Å²) in [5, 5.41) is 8.76. The Kier molecular flexibility index (Phi) is 14.2. The standard InChI is InChI=1S/C34H41NO11/c1-22-10-8-13-26(20-22)27(28(38)14-9-16-43-18-19-44-17-15-36)21-29(39)31(45-24(3)37)32(42-4)33(40)35-23(2)30(46-34(35)41)25-11-6-5-7-12-25/h5-8,10-13,20-21,23,30-32,36H,9,14-19H2,1-4H3/t23-,30-,31+,32-/m1/s1. The molecule has 0 radical (unpaired) electrons. The van der Waals surface area contributed by atoms with Crippen LogP contribution < -0.4 is 0 Å². The van der Waals surface area contributed by atoms with Gasteiger partial charge in [-0.05, 0) is 37.5 Å². The van der Waals surface area contributed by atoms with Crippen molar-refractivity contribution in [1.29, 1.82) is 0 Å². The van der Waals surface area contributed by atoms with E-state index < -0.39 is 48.1 Å². The first-order chi connectivity index (χ1) is 22.1. The third-order valence-corrected chi connectivity index (χ3v) is 7.20. The summed E-state index contributed by atoms with van der Waals surface area (Å²) < 4.78 is 26.8. The molecule has 0 spiro atoms. The van der Waals surface area contributed by atoms with Crippen LogP contribution >= 0.6 is 0 Å². The number of carbonyl (C=O) groups excluding carboxylic acids is 5. The van der Waals surface area contributed by atoms with Crippen molar-refractivity contribution in [3.05, 3.63) is 77.4 Å². The summed E-state index contributed by atoms with van der Waals surface area (Å²) in [6, 6.07) is 15.1. The molecule has 46 heavy (non-hydrogen) atoms. The predicted molar refractivity (Wildman–Crippen MR) is 165 cm³/mol. The van der Waals surface area contributed by atoms with E-state index in [-0.39, 0.29) is 37.6 Å². The second-order valence-corrected chi connectivity index (χ2v) is 10.7. The Labute approximate surface area is 268 Å². The maximum Gasteiger partial charge on any atom is 0.417 e. The number of aliphatic hydroxyl groups is 1. The lowest BCUT2D eigenvalue weighted by Gasteiger charge is -2.27. The van der Waals surface area contributed by atoms with Gasteiger partial charge in [-0.25, -0.2) is 9.69 Å². The van der Waals surface area contributed by atoms with Gasteiger partial charge in [0.05, 0.1) is 32.5 Å². The summed E-state index contributed by atoms with van der Waals surface area (Å²) in [4.78, 5) is 66.9. The minimum atomic E-state index is -1.80. The number of carbonyl (C=O) groups is 5. The van der Waals surface area contributed by atoms with Crippen molar-refractivity contribution < 1.29 is 52.8 Å². The molecule has 0 unspecified atom stereocenters. The largest absolute Gasteiger partial charge is 0.451 e. The van der Waals surface area contributed by atoms with Crippen molar-refractivity contribution in [3.63, 3.8) is 0 Å². The van der Waals surface area contributed by atoms with Gasteiger partial charge in [0.25, 0.3) is 5.91 Å². The Morgan fingerprint density at radius 2 is 1.67 bits per heavy atom. The number of cyclic esters (lactones) is 1. The third kappa shape index (κ3) is 9.88. The van der Waals surface area contributed by atoms with Crippen LogP contribution in [0.25, 0.3) is 5.57 Å². The molecular formula is C34H41NO11. The summed E-state index contributed by atoms with van der Waals surface area (Å²) in [5.74, 6) is -3.06. The number of ether oxygens (including phenoxy) is 5. The average Bonchev–Trinajstić information content (AvgIpc) is 3.34. The Balaban J connectivity index is 1.85. The zero-order valence-electron chi connectivity index (χ0n) is 26.5. The lowest BCUT2D eigenvalue weighted by molar-refractivity contribution is -0.166. The van der Waals surface area contributed by atoms with Crippen LogP contribution in [0.15, 0.2) is 60.7 Å². The molecule has 2 amide bonds. The van der Waals surface area contributed by atoms with E-state index in [0.717, 1.165) is 30.6 Å². The molecule has 1 aliphatic rings. The molecule has 1 N–H and O–H groups in total. The Hall–Kier alpha value is -4.23. The molecule has 2 aromatic carbocycles. The number of rotatable bonds is 18.